The predicted molar refractivity (Wildman–Crippen MR) is 67.8 cm³/mol. The van der Waals surface area contributed by atoms with E-state index in [9.17, 15) is 9.90 Å². The first-order valence-corrected chi connectivity index (χ1v) is 6.57. The standard InChI is InChI=1S/C12H14N2O2S/c1-7-6-17-8(2)9(7)10-11(15)13-4-3-5-14(13)12(10)16/h6,15H,3-5H2,1-2H3. The lowest BCUT2D eigenvalue weighted by Gasteiger charge is -2.01. The Balaban J connectivity index is 2.34. The molecule has 90 valence electrons. The van der Waals surface area contributed by atoms with Gasteiger partial charge in [0.2, 0.25) is 5.88 Å². The van der Waals surface area contributed by atoms with Gasteiger partial charge in [0.1, 0.15) is 5.56 Å². The highest BCUT2D eigenvalue weighted by atomic mass is 32.1. The van der Waals surface area contributed by atoms with Gasteiger partial charge in [-0.05, 0) is 31.2 Å². The molecule has 0 spiro atoms. The van der Waals surface area contributed by atoms with Crippen LogP contribution >= 0.6 is 11.3 Å². The monoisotopic (exact) mass is 250 g/mol. The molecule has 3 heterocycles. The van der Waals surface area contributed by atoms with Gasteiger partial charge in [0.15, 0.2) is 0 Å². The number of aryl methyl sites for hydroxylation is 2. The molecule has 0 atom stereocenters. The predicted octanol–water partition coefficient (Wildman–Crippen LogP) is 2.10. The molecule has 0 unspecified atom stereocenters. The first-order chi connectivity index (χ1) is 8.11. The van der Waals surface area contributed by atoms with E-state index in [4.69, 9.17) is 0 Å². The second kappa shape index (κ2) is 3.50. The van der Waals surface area contributed by atoms with Crippen LogP contribution < -0.4 is 5.56 Å². The van der Waals surface area contributed by atoms with Crippen LogP contribution in [0.15, 0.2) is 10.2 Å². The molecular formula is C12H14N2O2S. The van der Waals surface area contributed by atoms with Gasteiger partial charge < -0.3 is 5.11 Å². The van der Waals surface area contributed by atoms with Gasteiger partial charge in [-0.25, -0.2) is 4.68 Å². The van der Waals surface area contributed by atoms with E-state index in [1.54, 1.807) is 20.7 Å². The fraction of sp³-hybridized carbons (Fsp3) is 0.417. The molecule has 4 nitrogen and oxygen atoms in total. The smallest absolute Gasteiger partial charge is 0.278 e. The fourth-order valence-corrected chi connectivity index (χ4v) is 3.41. The summed E-state index contributed by atoms with van der Waals surface area (Å²) in [6.45, 7) is 5.39. The number of thiophene rings is 1. The van der Waals surface area contributed by atoms with Crippen molar-refractivity contribution in [3.05, 3.63) is 26.2 Å². The van der Waals surface area contributed by atoms with Crippen molar-refractivity contribution in [2.75, 3.05) is 0 Å². The number of rotatable bonds is 1. The zero-order valence-electron chi connectivity index (χ0n) is 9.86. The van der Waals surface area contributed by atoms with Crippen molar-refractivity contribution < 1.29 is 5.11 Å². The van der Waals surface area contributed by atoms with E-state index in [-0.39, 0.29) is 11.4 Å². The number of fused-ring (bicyclic) bond motifs is 1. The lowest BCUT2D eigenvalue weighted by atomic mass is 10.1. The lowest BCUT2D eigenvalue weighted by molar-refractivity contribution is 0.399. The molecule has 0 aromatic carbocycles. The second-order valence-electron chi connectivity index (χ2n) is 4.45. The molecular weight excluding hydrogens is 236 g/mol. The van der Waals surface area contributed by atoms with Crippen molar-refractivity contribution >= 4 is 11.3 Å². The Morgan fingerprint density at radius 2 is 1.94 bits per heavy atom. The third kappa shape index (κ3) is 1.32. The maximum atomic E-state index is 12.3. The first-order valence-electron chi connectivity index (χ1n) is 5.69. The number of aromatic hydroxyl groups is 1. The van der Waals surface area contributed by atoms with Crippen LogP contribution in [0.5, 0.6) is 5.88 Å². The number of nitrogens with zero attached hydrogens (tertiary/aromatic N) is 2. The van der Waals surface area contributed by atoms with Crippen LogP contribution in [-0.4, -0.2) is 14.5 Å². The number of aromatic nitrogens is 2. The SMILES string of the molecule is Cc1csc(C)c1-c1c(O)n2n(c1=O)CCC2. The van der Waals surface area contributed by atoms with Crippen molar-refractivity contribution in [2.24, 2.45) is 0 Å². The summed E-state index contributed by atoms with van der Waals surface area (Å²) in [5.74, 6) is 0.122. The highest BCUT2D eigenvalue weighted by Gasteiger charge is 2.26. The Hall–Kier alpha value is -1.49. The third-order valence-electron chi connectivity index (χ3n) is 3.36. The van der Waals surface area contributed by atoms with Gasteiger partial charge in [0, 0.05) is 23.5 Å². The Labute approximate surface area is 103 Å². The minimum Gasteiger partial charge on any atom is -0.493 e. The Bertz CT molecular complexity index is 629. The highest BCUT2D eigenvalue weighted by molar-refractivity contribution is 7.10. The van der Waals surface area contributed by atoms with E-state index >= 15 is 0 Å². The molecule has 1 aliphatic rings. The van der Waals surface area contributed by atoms with Crippen molar-refractivity contribution in [3.63, 3.8) is 0 Å². The second-order valence-corrected chi connectivity index (χ2v) is 5.54. The summed E-state index contributed by atoms with van der Waals surface area (Å²) in [5.41, 5.74) is 2.38. The van der Waals surface area contributed by atoms with Crippen molar-refractivity contribution in [3.8, 4) is 17.0 Å². The van der Waals surface area contributed by atoms with Crippen molar-refractivity contribution in [1.82, 2.24) is 9.36 Å². The molecule has 3 rings (SSSR count). The molecule has 0 aliphatic carbocycles. The lowest BCUT2D eigenvalue weighted by Crippen LogP contribution is -2.17. The van der Waals surface area contributed by atoms with E-state index in [0.29, 0.717) is 12.1 Å². The number of hydrogen-bond acceptors (Lipinski definition) is 3. The summed E-state index contributed by atoms with van der Waals surface area (Å²) < 4.78 is 3.33. The Morgan fingerprint density at radius 3 is 2.53 bits per heavy atom. The van der Waals surface area contributed by atoms with E-state index in [1.807, 2.05) is 19.2 Å². The fourth-order valence-electron chi connectivity index (χ4n) is 2.56. The van der Waals surface area contributed by atoms with Gasteiger partial charge in [-0.2, -0.15) is 0 Å². The molecule has 0 saturated heterocycles. The van der Waals surface area contributed by atoms with Gasteiger partial charge >= 0.3 is 0 Å². The molecule has 1 N–H and O–H groups in total. The molecule has 0 amide bonds. The molecule has 0 bridgehead atoms. The first kappa shape index (κ1) is 10.7. The maximum Gasteiger partial charge on any atom is 0.278 e. The zero-order chi connectivity index (χ0) is 12.2. The molecule has 0 radical (unpaired) electrons. The minimum absolute atomic E-state index is 0.0652. The molecule has 17 heavy (non-hydrogen) atoms. The van der Waals surface area contributed by atoms with Crippen LogP contribution in [0.3, 0.4) is 0 Å². The Morgan fingerprint density at radius 1 is 1.24 bits per heavy atom. The summed E-state index contributed by atoms with van der Waals surface area (Å²) in [7, 11) is 0. The van der Waals surface area contributed by atoms with Crippen LogP contribution in [-0.2, 0) is 13.1 Å². The minimum atomic E-state index is -0.0652. The summed E-state index contributed by atoms with van der Waals surface area (Å²) >= 11 is 1.62. The van der Waals surface area contributed by atoms with Crippen LogP contribution in [0, 0.1) is 13.8 Å². The molecule has 5 heteroatoms. The molecule has 2 aromatic heterocycles. The van der Waals surface area contributed by atoms with Crippen LogP contribution in [0.2, 0.25) is 0 Å². The van der Waals surface area contributed by atoms with Gasteiger partial charge in [0.05, 0.1) is 0 Å². The third-order valence-corrected chi connectivity index (χ3v) is 4.39. The summed E-state index contributed by atoms with van der Waals surface area (Å²) in [4.78, 5) is 13.4. The average molecular weight is 250 g/mol. The topological polar surface area (TPSA) is 47.2 Å². The van der Waals surface area contributed by atoms with E-state index in [2.05, 4.69) is 0 Å². The molecule has 2 aromatic rings. The van der Waals surface area contributed by atoms with Gasteiger partial charge in [-0.1, -0.05) is 0 Å². The van der Waals surface area contributed by atoms with Crippen molar-refractivity contribution in [1.29, 1.82) is 0 Å². The van der Waals surface area contributed by atoms with Gasteiger partial charge in [-0.15, -0.1) is 11.3 Å². The van der Waals surface area contributed by atoms with Gasteiger partial charge in [0.25, 0.3) is 5.56 Å². The quantitative estimate of drug-likeness (QED) is 0.842. The highest BCUT2D eigenvalue weighted by Crippen LogP contribution is 2.36. The molecule has 0 fully saturated rings. The summed E-state index contributed by atoms with van der Waals surface area (Å²) in [6.07, 6.45) is 0.921. The molecule has 1 aliphatic heterocycles. The van der Waals surface area contributed by atoms with Gasteiger partial charge in [-0.3, -0.25) is 9.48 Å². The van der Waals surface area contributed by atoms with Crippen LogP contribution in [0.4, 0.5) is 0 Å². The maximum absolute atomic E-state index is 12.3. The van der Waals surface area contributed by atoms with Crippen LogP contribution in [0.1, 0.15) is 16.9 Å². The normalized spacial score (nSPS) is 14.2. The number of hydrogen-bond donors (Lipinski definition) is 1. The van der Waals surface area contributed by atoms with E-state index in [1.165, 1.54) is 0 Å². The summed E-state index contributed by atoms with van der Waals surface area (Å²) in [5, 5.41) is 12.2. The van der Waals surface area contributed by atoms with E-state index < -0.39 is 0 Å². The Kier molecular flexibility index (Phi) is 2.19. The largest absolute Gasteiger partial charge is 0.493 e. The average Bonchev–Trinajstić information content (AvgIpc) is 2.93. The van der Waals surface area contributed by atoms with Crippen LogP contribution in [0.25, 0.3) is 11.1 Å². The zero-order valence-corrected chi connectivity index (χ0v) is 10.7. The van der Waals surface area contributed by atoms with E-state index in [0.717, 1.165) is 29.0 Å². The van der Waals surface area contributed by atoms with Crippen molar-refractivity contribution in [2.45, 2.75) is 33.4 Å². The summed E-state index contributed by atoms with van der Waals surface area (Å²) in [6, 6.07) is 0. The molecule has 0 saturated carbocycles.